The number of urea groups is 1. The number of imide groups is 1. The number of hydrazine groups is 2. The Morgan fingerprint density at radius 1 is 1.50 bits per heavy atom. The molecule has 0 aliphatic heterocycles. The molecule has 0 unspecified atom stereocenters. The standard InChI is InChI=1S/C6H13N4O2/c1-2-3-4-5(11)10(8)6(12)9-7/h1-4,7-8H2,(H,9,12). The molecule has 12 heavy (non-hydrogen) atoms. The molecule has 0 aromatic carbocycles. The van der Waals surface area contributed by atoms with E-state index < -0.39 is 11.9 Å². The number of hydrogen-bond donors (Lipinski definition) is 3. The lowest BCUT2D eigenvalue weighted by Crippen LogP contribution is -2.50. The number of rotatable bonds is 3. The van der Waals surface area contributed by atoms with Crippen molar-refractivity contribution in [3.05, 3.63) is 6.92 Å². The second-order valence-corrected chi connectivity index (χ2v) is 2.17. The summed E-state index contributed by atoms with van der Waals surface area (Å²) in [4.78, 5) is 21.6. The van der Waals surface area contributed by atoms with Gasteiger partial charge < -0.3 is 0 Å². The topological polar surface area (TPSA) is 101 Å². The van der Waals surface area contributed by atoms with Crippen molar-refractivity contribution in [2.45, 2.75) is 19.3 Å². The molecule has 69 valence electrons. The fourth-order valence-corrected chi connectivity index (χ4v) is 0.579. The maximum Gasteiger partial charge on any atom is 0.352 e. The van der Waals surface area contributed by atoms with Crippen molar-refractivity contribution in [1.82, 2.24) is 10.4 Å². The zero-order valence-electron chi connectivity index (χ0n) is 6.75. The molecule has 0 saturated heterocycles. The molecule has 0 aromatic heterocycles. The van der Waals surface area contributed by atoms with Gasteiger partial charge in [0.2, 0.25) is 5.91 Å². The van der Waals surface area contributed by atoms with Gasteiger partial charge in [-0.05, 0) is 6.42 Å². The third kappa shape index (κ3) is 3.31. The van der Waals surface area contributed by atoms with Gasteiger partial charge in [0.05, 0.1) is 0 Å². The maximum atomic E-state index is 11.0. The fraction of sp³-hybridized carbons (Fsp3) is 0.500. The predicted octanol–water partition coefficient (Wildman–Crippen LogP) is -0.724. The highest BCUT2D eigenvalue weighted by Gasteiger charge is 2.14. The van der Waals surface area contributed by atoms with Crippen LogP contribution in [0.5, 0.6) is 0 Å². The van der Waals surface area contributed by atoms with Crippen LogP contribution in [-0.4, -0.2) is 16.9 Å². The van der Waals surface area contributed by atoms with Gasteiger partial charge in [0.15, 0.2) is 0 Å². The Hall–Kier alpha value is -1.14. The summed E-state index contributed by atoms with van der Waals surface area (Å²) in [6.45, 7) is 3.55. The lowest BCUT2D eigenvalue weighted by Gasteiger charge is -2.12. The summed E-state index contributed by atoms with van der Waals surface area (Å²) in [5, 5.41) is 0.454. The fourth-order valence-electron chi connectivity index (χ4n) is 0.579. The smallest absolute Gasteiger partial charge is 0.274 e. The Balaban J connectivity index is 3.84. The van der Waals surface area contributed by atoms with Crippen LogP contribution < -0.4 is 17.1 Å². The van der Waals surface area contributed by atoms with Crippen LogP contribution in [0.3, 0.4) is 0 Å². The van der Waals surface area contributed by atoms with Gasteiger partial charge in [-0.2, -0.15) is 5.01 Å². The zero-order valence-corrected chi connectivity index (χ0v) is 6.75. The van der Waals surface area contributed by atoms with E-state index in [9.17, 15) is 9.59 Å². The highest BCUT2D eigenvalue weighted by Crippen LogP contribution is 1.96. The number of carbonyl (C=O) groups excluding carboxylic acids is 2. The monoisotopic (exact) mass is 173 g/mol. The van der Waals surface area contributed by atoms with Gasteiger partial charge in [-0.15, -0.1) is 0 Å². The first-order valence-electron chi connectivity index (χ1n) is 3.51. The van der Waals surface area contributed by atoms with Crippen LogP contribution in [0, 0.1) is 6.92 Å². The van der Waals surface area contributed by atoms with Gasteiger partial charge in [0.1, 0.15) is 0 Å². The second-order valence-electron chi connectivity index (χ2n) is 2.17. The highest BCUT2D eigenvalue weighted by molar-refractivity contribution is 5.93. The lowest BCUT2D eigenvalue weighted by atomic mass is 10.2. The molecule has 0 atom stereocenters. The zero-order chi connectivity index (χ0) is 9.56. The molecule has 6 nitrogen and oxygen atoms in total. The van der Waals surface area contributed by atoms with Gasteiger partial charge in [-0.3, -0.25) is 10.2 Å². The number of nitrogens with zero attached hydrogens (tertiary/aromatic N) is 1. The van der Waals surface area contributed by atoms with Crippen molar-refractivity contribution in [3.63, 3.8) is 0 Å². The van der Waals surface area contributed by atoms with Crippen molar-refractivity contribution in [1.29, 1.82) is 0 Å². The predicted molar refractivity (Wildman–Crippen MR) is 43.0 cm³/mol. The molecule has 1 radical (unpaired) electrons. The van der Waals surface area contributed by atoms with Crippen LogP contribution in [0.25, 0.3) is 0 Å². The van der Waals surface area contributed by atoms with E-state index in [4.69, 9.17) is 11.7 Å². The summed E-state index contributed by atoms with van der Waals surface area (Å²) in [7, 11) is 0. The molecule has 0 spiro atoms. The maximum absolute atomic E-state index is 11.0. The van der Waals surface area contributed by atoms with E-state index in [2.05, 4.69) is 6.92 Å². The average Bonchev–Trinajstić information content (AvgIpc) is 2.11. The first-order chi connectivity index (χ1) is 5.63. The van der Waals surface area contributed by atoms with Gasteiger partial charge in [0, 0.05) is 6.42 Å². The molecule has 0 heterocycles. The highest BCUT2D eigenvalue weighted by atomic mass is 16.2. The largest absolute Gasteiger partial charge is 0.352 e. The Morgan fingerprint density at radius 2 is 2.08 bits per heavy atom. The van der Waals surface area contributed by atoms with Crippen LogP contribution in [0.2, 0.25) is 0 Å². The Morgan fingerprint density at radius 3 is 2.50 bits per heavy atom. The number of nitrogens with one attached hydrogen (secondary N) is 1. The van der Waals surface area contributed by atoms with Crippen LogP contribution >= 0.6 is 0 Å². The van der Waals surface area contributed by atoms with Crippen LogP contribution in [0.15, 0.2) is 0 Å². The molecule has 3 amide bonds. The summed E-state index contributed by atoms with van der Waals surface area (Å²) in [5.41, 5.74) is 1.75. The van der Waals surface area contributed by atoms with Gasteiger partial charge in [0.25, 0.3) is 0 Å². The first-order valence-corrected chi connectivity index (χ1v) is 3.51. The number of hydrogen-bond acceptors (Lipinski definition) is 4. The molecular weight excluding hydrogens is 160 g/mol. The first kappa shape index (κ1) is 10.9. The quantitative estimate of drug-likeness (QED) is 0.297. The van der Waals surface area contributed by atoms with Gasteiger partial charge in [-0.1, -0.05) is 13.3 Å². The SMILES string of the molecule is [CH2]CCCC(=O)N(N)C(=O)NN. The minimum absolute atomic E-state index is 0.202. The van der Waals surface area contributed by atoms with E-state index in [0.717, 1.165) is 0 Å². The average molecular weight is 173 g/mol. The number of amides is 3. The molecule has 5 N–H and O–H groups in total. The van der Waals surface area contributed by atoms with Crippen LogP contribution in [0.4, 0.5) is 4.79 Å². The number of unbranched alkanes of at least 4 members (excludes halogenated alkanes) is 1. The molecule has 0 aromatic rings. The molecule has 6 heteroatoms. The van der Waals surface area contributed by atoms with E-state index >= 15 is 0 Å². The summed E-state index contributed by atoms with van der Waals surface area (Å²) in [6, 6.07) is -0.816. The normalized spacial score (nSPS) is 9.25. The number of carbonyl (C=O) groups is 2. The van der Waals surface area contributed by atoms with Crippen molar-refractivity contribution >= 4 is 11.9 Å². The van der Waals surface area contributed by atoms with Crippen LogP contribution in [0.1, 0.15) is 19.3 Å². The van der Waals surface area contributed by atoms with E-state index in [1.54, 1.807) is 5.43 Å². The van der Waals surface area contributed by atoms with E-state index in [-0.39, 0.29) is 6.42 Å². The molecule has 0 aliphatic carbocycles. The summed E-state index contributed by atoms with van der Waals surface area (Å²) < 4.78 is 0. The third-order valence-corrected chi connectivity index (χ3v) is 1.25. The van der Waals surface area contributed by atoms with E-state index in [1.165, 1.54) is 0 Å². The van der Waals surface area contributed by atoms with Crippen molar-refractivity contribution < 1.29 is 9.59 Å². The summed E-state index contributed by atoms with van der Waals surface area (Å²) in [6.07, 6.45) is 1.43. The summed E-state index contributed by atoms with van der Waals surface area (Å²) in [5.74, 6) is 9.37. The Bertz CT molecular complexity index is 171. The molecule has 0 fully saturated rings. The number of nitrogens with two attached hydrogens (primary N) is 2. The van der Waals surface area contributed by atoms with E-state index in [1.807, 2.05) is 0 Å². The second kappa shape index (κ2) is 5.50. The van der Waals surface area contributed by atoms with Crippen molar-refractivity contribution in [3.8, 4) is 0 Å². The van der Waals surface area contributed by atoms with Crippen molar-refractivity contribution in [2.75, 3.05) is 0 Å². The minimum Gasteiger partial charge on any atom is -0.274 e. The minimum atomic E-state index is -0.816. The Labute approximate surface area is 70.8 Å². The van der Waals surface area contributed by atoms with Gasteiger partial charge in [-0.25, -0.2) is 16.5 Å². The lowest BCUT2D eigenvalue weighted by molar-refractivity contribution is -0.128. The molecule has 0 saturated carbocycles. The third-order valence-electron chi connectivity index (χ3n) is 1.25. The Kier molecular flexibility index (Phi) is 4.98. The van der Waals surface area contributed by atoms with E-state index in [0.29, 0.717) is 17.9 Å². The van der Waals surface area contributed by atoms with Gasteiger partial charge >= 0.3 is 6.03 Å². The van der Waals surface area contributed by atoms with Crippen LogP contribution in [-0.2, 0) is 4.79 Å². The molecular formula is C6H13N4O2. The molecule has 0 aliphatic rings. The molecule has 0 rings (SSSR count). The van der Waals surface area contributed by atoms with Crippen molar-refractivity contribution in [2.24, 2.45) is 11.7 Å². The molecule has 0 bridgehead atoms. The summed E-state index contributed by atoms with van der Waals surface area (Å²) >= 11 is 0.